The van der Waals surface area contributed by atoms with E-state index in [9.17, 15) is 8.78 Å². The van der Waals surface area contributed by atoms with Crippen LogP contribution in [0.4, 0.5) is 14.5 Å². The van der Waals surface area contributed by atoms with Crippen molar-refractivity contribution >= 4 is 5.69 Å². The van der Waals surface area contributed by atoms with Crippen molar-refractivity contribution in [2.75, 3.05) is 25.6 Å². The summed E-state index contributed by atoms with van der Waals surface area (Å²) in [6.07, 6.45) is 0. The number of ether oxygens (including phenoxy) is 3. The molecule has 1 aliphatic rings. The van der Waals surface area contributed by atoms with Crippen LogP contribution in [0.15, 0.2) is 12.1 Å². The molecule has 0 spiro atoms. The van der Waals surface area contributed by atoms with E-state index < -0.39 is 17.4 Å². The normalized spacial score (nSPS) is 18.3. The molecule has 0 radical (unpaired) electrons. The third kappa shape index (κ3) is 2.48. The topological polar surface area (TPSA) is 53.7 Å². The molecule has 1 aromatic rings. The molecule has 17 heavy (non-hydrogen) atoms. The second kappa shape index (κ2) is 4.46. The van der Waals surface area contributed by atoms with Crippen LogP contribution in [-0.2, 0) is 9.47 Å². The summed E-state index contributed by atoms with van der Waals surface area (Å²) in [5, 5.41) is 0. The number of nitrogen functional groups attached to an aromatic ring is 1. The summed E-state index contributed by atoms with van der Waals surface area (Å²) >= 11 is 0. The van der Waals surface area contributed by atoms with Gasteiger partial charge in [0, 0.05) is 0 Å². The third-order valence-electron chi connectivity index (χ3n) is 2.46. The molecule has 1 aliphatic heterocycles. The molecule has 0 aromatic heterocycles. The first kappa shape index (κ1) is 12.1. The molecule has 1 saturated heterocycles. The van der Waals surface area contributed by atoms with Crippen LogP contribution in [0.2, 0.25) is 0 Å². The summed E-state index contributed by atoms with van der Waals surface area (Å²) in [6.45, 7) is 2.49. The van der Waals surface area contributed by atoms with Gasteiger partial charge in [-0.05, 0) is 19.1 Å². The molecular weight excluding hydrogens is 232 g/mol. The van der Waals surface area contributed by atoms with Gasteiger partial charge in [-0.3, -0.25) is 0 Å². The van der Waals surface area contributed by atoms with Crippen molar-refractivity contribution in [1.29, 1.82) is 0 Å². The molecular formula is C11H13F2NO3. The first-order valence-electron chi connectivity index (χ1n) is 5.16. The predicted molar refractivity (Wildman–Crippen MR) is 56.6 cm³/mol. The second-order valence-corrected chi connectivity index (χ2v) is 3.90. The highest BCUT2D eigenvalue weighted by atomic mass is 19.2. The zero-order chi connectivity index (χ0) is 12.5. The Morgan fingerprint density at radius 2 is 2.00 bits per heavy atom. The van der Waals surface area contributed by atoms with Crippen molar-refractivity contribution in [2.45, 2.75) is 12.7 Å². The Labute approximate surface area is 97.3 Å². The standard InChI is InChI=1S/C11H13F2NO3/c1-11(16-4-5-17-11)6-15-10-8(14)3-2-7(12)9(10)13/h2-3H,4-6,14H2,1H3. The molecule has 2 N–H and O–H groups in total. The van der Waals surface area contributed by atoms with E-state index in [0.717, 1.165) is 6.07 Å². The SMILES string of the molecule is CC1(COc2c(N)ccc(F)c2F)OCCO1. The van der Waals surface area contributed by atoms with Gasteiger partial charge < -0.3 is 19.9 Å². The number of rotatable bonds is 3. The fraction of sp³-hybridized carbons (Fsp3) is 0.455. The minimum Gasteiger partial charge on any atom is -0.483 e. The lowest BCUT2D eigenvalue weighted by molar-refractivity contribution is -0.162. The van der Waals surface area contributed by atoms with Crippen LogP contribution in [-0.4, -0.2) is 25.6 Å². The van der Waals surface area contributed by atoms with Crippen molar-refractivity contribution in [2.24, 2.45) is 0 Å². The number of hydrogen-bond acceptors (Lipinski definition) is 4. The molecule has 1 heterocycles. The van der Waals surface area contributed by atoms with Gasteiger partial charge in [-0.15, -0.1) is 0 Å². The van der Waals surface area contributed by atoms with E-state index in [0.29, 0.717) is 13.2 Å². The third-order valence-corrected chi connectivity index (χ3v) is 2.46. The summed E-state index contributed by atoms with van der Waals surface area (Å²) in [6, 6.07) is 2.19. The largest absolute Gasteiger partial charge is 0.483 e. The van der Waals surface area contributed by atoms with Gasteiger partial charge in [0.05, 0.1) is 18.9 Å². The van der Waals surface area contributed by atoms with Crippen molar-refractivity contribution < 1.29 is 23.0 Å². The van der Waals surface area contributed by atoms with E-state index in [1.54, 1.807) is 6.92 Å². The molecule has 1 fully saturated rings. The molecule has 6 heteroatoms. The highest BCUT2D eigenvalue weighted by molar-refractivity contribution is 5.53. The quantitative estimate of drug-likeness (QED) is 0.823. The van der Waals surface area contributed by atoms with Gasteiger partial charge in [-0.2, -0.15) is 4.39 Å². The van der Waals surface area contributed by atoms with Gasteiger partial charge >= 0.3 is 0 Å². The van der Waals surface area contributed by atoms with E-state index in [1.807, 2.05) is 0 Å². The molecule has 0 bridgehead atoms. The molecule has 4 nitrogen and oxygen atoms in total. The van der Waals surface area contributed by atoms with Crippen molar-refractivity contribution in [3.05, 3.63) is 23.8 Å². The molecule has 0 aliphatic carbocycles. The lowest BCUT2D eigenvalue weighted by Gasteiger charge is -2.22. The number of halogens is 2. The summed E-state index contributed by atoms with van der Waals surface area (Å²) in [7, 11) is 0. The van der Waals surface area contributed by atoms with Crippen LogP contribution in [0, 0.1) is 11.6 Å². The average Bonchev–Trinajstić information content (AvgIpc) is 2.71. The summed E-state index contributed by atoms with van der Waals surface area (Å²) < 4.78 is 42.1. The fourth-order valence-electron chi connectivity index (χ4n) is 1.54. The lowest BCUT2D eigenvalue weighted by Crippen LogP contribution is -2.33. The van der Waals surface area contributed by atoms with Crippen molar-refractivity contribution in [1.82, 2.24) is 0 Å². The number of anilines is 1. The Morgan fingerprint density at radius 1 is 1.35 bits per heavy atom. The molecule has 0 amide bonds. The van der Waals surface area contributed by atoms with E-state index in [2.05, 4.69) is 0 Å². The first-order valence-corrected chi connectivity index (χ1v) is 5.16. The number of hydrogen-bond donors (Lipinski definition) is 1. The van der Waals surface area contributed by atoms with E-state index in [-0.39, 0.29) is 18.0 Å². The molecule has 0 atom stereocenters. The average molecular weight is 245 g/mol. The molecule has 2 rings (SSSR count). The van der Waals surface area contributed by atoms with Crippen LogP contribution in [0.3, 0.4) is 0 Å². The van der Waals surface area contributed by atoms with Crippen LogP contribution < -0.4 is 10.5 Å². The Morgan fingerprint density at radius 3 is 2.65 bits per heavy atom. The smallest absolute Gasteiger partial charge is 0.202 e. The maximum atomic E-state index is 13.4. The van der Waals surface area contributed by atoms with Gasteiger partial charge in [-0.1, -0.05) is 0 Å². The fourth-order valence-corrected chi connectivity index (χ4v) is 1.54. The lowest BCUT2D eigenvalue weighted by atomic mass is 10.2. The molecule has 0 unspecified atom stereocenters. The van der Waals surface area contributed by atoms with Gasteiger partial charge in [0.15, 0.2) is 17.4 Å². The van der Waals surface area contributed by atoms with Crippen LogP contribution >= 0.6 is 0 Å². The maximum absolute atomic E-state index is 13.4. The molecule has 1 aromatic carbocycles. The summed E-state index contributed by atoms with van der Waals surface area (Å²) in [5.74, 6) is -3.37. The van der Waals surface area contributed by atoms with Crippen LogP contribution in [0.5, 0.6) is 5.75 Å². The summed E-state index contributed by atoms with van der Waals surface area (Å²) in [5.41, 5.74) is 5.54. The van der Waals surface area contributed by atoms with Crippen molar-refractivity contribution in [3.8, 4) is 5.75 Å². The van der Waals surface area contributed by atoms with Crippen LogP contribution in [0.1, 0.15) is 6.92 Å². The monoisotopic (exact) mass is 245 g/mol. The van der Waals surface area contributed by atoms with Gasteiger partial charge in [0.2, 0.25) is 5.82 Å². The van der Waals surface area contributed by atoms with Crippen LogP contribution in [0.25, 0.3) is 0 Å². The Balaban J connectivity index is 2.11. The minimum atomic E-state index is -1.11. The second-order valence-electron chi connectivity index (χ2n) is 3.90. The Bertz CT molecular complexity index is 419. The van der Waals surface area contributed by atoms with Crippen molar-refractivity contribution in [3.63, 3.8) is 0 Å². The molecule has 0 saturated carbocycles. The number of benzene rings is 1. The van der Waals surface area contributed by atoms with E-state index >= 15 is 0 Å². The first-order chi connectivity index (χ1) is 8.02. The Kier molecular flexibility index (Phi) is 3.17. The van der Waals surface area contributed by atoms with Gasteiger partial charge in [-0.25, -0.2) is 4.39 Å². The summed E-state index contributed by atoms with van der Waals surface area (Å²) in [4.78, 5) is 0. The van der Waals surface area contributed by atoms with E-state index in [1.165, 1.54) is 6.07 Å². The predicted octanol–water partition coefficient (Wildman–Crippen LogP) is 1.69. The zero-order valence-electron chi connectivity index (χ0n) is 9.33. The van der Waals surface area contributed by atoms with E-state index in [4.69, 9.17) is 19.9 Å². The van der Waals surface area contributed by atoms with Gasteiger partial charge in [0.1, 0.15) is 6.61 Å². The highest BCUT2D eigenvalue weighted by Crippen LogP contribution is 2.29. The maximum Gasteiger partial charge on any atom is 0.202 e. The number of nitrogens with two attached hydrogens (primary N) is 1. The molecule has 94 valence electrons. The Hall–Kier alpha value is -1.40. The van der Waals surface area contributed by atoms with Gasteiger partial charge in [0.25, 0.3) is 0 Å². The zero-order valence-corrected chi connectivity index (χ0v) is 9.33. The highest BCUT2D eigenvalue weighted by Gasteiger charge is 2.32. The minimum absolute atomic E-state index is 0.0329.